The second kappa shape index (κ2) is 4.91. The van der Waals surface area contributed by atoms with Crippen molar-refractivity contribution in [2.24, 2.45) is 4.99 Å². The summed E-state index contributed by atoms with van der Waals surface area (Å²) in [6.45, 7) is 2.07. The summed E-state index contributed by atoms with van der Waals surface area (Å²) in [5.74, 6) is -0.949. The quantitative estimate of drug-likeness (QED) is 0.748. The highest BCUT2D eigenvalue weighted by Gasteiger charge is 2.27. The Morgan fingerprint density at radius 3 is 2.94 bits per heavy atom. The van der Waals surface area contributed by atoms with Crippen LogP contribution in [0.5, 0.6) is 0 Å². The van der Waals surface area contributed by atoms with E-state index in [1.165, 1.54) is 6.21 Å². The number of nitrogens with zero attached hydrogens (tertiary/aromatic N) is 1. The number of Topliss-reactive ketones (excluding diaryl/α,β-unsaturated/α-hetero) is 1. The maximum atomic E-state index is 11.7. The average molecular weight is 231 g/mol. The number of fused-ring (bicyclic) bond motifs is 1. The molecule has 2 rings (SSSR count). The van der Waals surface area contributed by atoms with Crippen molar-refractivity contribution in [3.8, 4) is 0 Å². The number of benzene rings is 1. The van der Waals surface area contributed by atoms with Crippen molar-refractivity contribution in [3.63, 3.8) is 0 Å². The minimum Gasteiger partial charge on any atom is -0.466 e. The number of rotatable bonds is 3. The molecule has 0 saturated carbocycles. The number of para-hydroxylation sites is 1. The van der Waals surface area contributed by atoms with E-state index in [9.17, 15) is 9.59 Å². The summed E-state index contributed by atoms with van der Waals surface area (Å²) >= 11 is 0. The van der Waals surface area contributed by atoms with Gasteiger partial charge in [0.2, 0.25) is 0 Å². The van der Waals surface area contributed by atoms with Gasteiger partial charge in [-0.05, 0) is 18.6 Å². The molecule has 1 heterocycles. The first-order chi connectivity index (χ1) is 8.22. The zero-order valence-corrected chi connectivity index (χ0v) is 9.55. The Kier molecular flexibility index (Phi) is 3.32. The Morgan fingerprint density at radius 1 is 1.41 bits per heavy atom. The number of esters is 1. The number of hydrogen-bond acceptors (Lipinski definition) is 4. The van der Waals surface area contributed by atoms with Crippen molar-refractivity contribution >= 4 is 23.7 Å². The van der Waals surface area contributed by atoms with Crippen LogP contribution in [0.1, 0.15) is 24.8 Å². The summed E-state index contributed by atoms with van der Waals surface area (Å²) in [5.41, 5.74) is 1.55. The van der Waals surface area contributed by atoms with E-state index in [0.29, 0.717) is 6.61 Å². The highest BCUT2D eigenvalue weighted by atomic mass is 16.5. The molecule has 0 unspecified atom stereocenters. The molecule has 1 aliphatic rings. The normalized spacial score (nSPS) is 17.7. The van der Waals surface area contributed by atoms with Crippen molar-refractivity contribution in [1.29, 1.82) is 0 Å². The van der Waals surface area contributed by atoms with Gasteiger partial charge >= 0.3 is 5.97 Å². The molecule has 0 saturated heterocycles. The Balaban J connectivity index is 2.24. The number of aliphatic imine (C=N–C) groups is 1. The minimum atomic E-state index is -0.456. The Hall–Kier alpha value is -1.97. The lowest BCUT2D eigenvalue weighted by Gasteiger charge is -2.18. The standard InChI is InChI=1S/C13H13NO3/c1-2-17-13(16)7-10-9-5-3-4-6-11(9)14-8-12(10)15/h3-6,8,10H,2,7H2,1H3/t10-/m0/s1. The second-order valence-electron chi connectivity index (χ2n) is 3.78. The summed E-state index contributed by atoms with van der Waals surface area (Å²) in [5, 5.41) is 0. The number of ketones is 1. The number of hydrogen-bond donors (Lipinski definition) is 0. The van der Waals surface area contributed by atoms with E-state index in [1.807, 2.05) is 24.3 Å². The third-order valence-electron chi connectivity index (χ3n) is 2.66. The number of ether oxygens (including phenoxy) is 1. The number of carbonyl (C=O) groups is 2. The minimum absolute atomic E-state index is 0.0791. The second-order valence-corrected chi connectivity index (χ2v) is 3.78. The van der Waals surface area contributed by atoms with E-state index in [-0.39, 0.29) is 18.2 Å². The molecule has 88 valence electrons. The molecule has 0 aliphatic carbocycles. The van der Waals surface area contributed by atoms with E-state index < -0.39 is 5.92 Å². The van der Waals surface area contributed by atoms with Crippen LogP contribution >= 0.6 is 0 Å². The molecule has 1 atom stereocenters. The summed E-state index contributed by atoms with van der Waals surface area (Å²) in [4.78, 5) is 27.2. The molecule has 1 aliphatic heterocycles. The van der Waals surface area contributed by atoms with Gasteiger partial charge in [-0.1, -0.05) is 18.2 Å². The Labute approximate surface area is 99.3 Å². The zero-order valence-electron chi connectivity index (χ0n) is 9.55. The summed E-state index contributed by atoms with van der Waals surface area (Å²) < 4.78 is 4.87. The molecule has 17 heavy (non-hydrogen) atoms. The van der Waals surface area contributed by atoms with Crippen LogP contribution < -0.4 is 0 Å². The van der Waals surface area contributed by atoms with Gasteiger partial charge in [0.05, 0.1) is 30.8 Å². The fourth-order valence-electron chi connectivity index (χ4n) is 1.87. The number of carbonyl (C=O) groups excluding carboxylic acids is 2. The predicted octanol–water partition coefficient (Wildman–Crippen LogP) is 2.01. The monoisotopic (exact) mass is 231 g/mol. The van der Waals surface area contributed by atoms with Gasteiger partial charge in [-0.25, -0.2) is 0 Å². The van der Waals surface area contributed by atoms with Gasteiger partial charge in [0.15, 0.2) is 5.78 Å². The van der Waals surface area contributed by atoms with Gasteiger partial charge in [-0.2, -0.15) is 0 Å². The van der Waals surface area contributed by atoms with E-state index in [1.54, 1.807) is 6.92 Å². The third kappa shape index (κ3) is 2.41. The lowest BCUT2D eigenvalue weighted by atomic mass is 9.89. The molecular formula is C13H13NO3. The van der Waals surface area contributed by atoms with Crippen LogP contribution in [0.25, 0.3) is 0 Å². The molecule has 0 spiro atoms. The van der Waals surface area contributed by atoms with E-state index in [4.69, 9.17) is 4.74 Å². The van der Waals surface area contributed by atoms with Gasteiger partial charge in [0.1, 0.15) is 0 Å². The Bertz CT molecular complexity index is 479. The third-order valence-corrected chi connectivity index (χ3v) is 2.66. The smallest absolute Gasteiger partial charge is 0.306 e. The van der Waals surface area contributed by atoms with Gasteiger partial charge in [0, 0.05) is 0 Å². The molecule has 1 aromatic carbocycles. The van der Waals surface area contributed by atoms with Crippen LogP contribution in [0.15, 0.2) is 29.3 Å². The summed E-state index contributed by atoms with van der Waals surface area (Å²) in [7, 11) is 0. The van der Waals surface area contributed by atoms with Crippen LogP contribution in [0, 0.1) is 0 Å². The predicted molar refractivity (Wildman–Crippen MR) is 63.6 cm³/mol. The largest absolute Gasteiger partial charge is 0.466 e. The fraction of sp³-hybridized carbons (Fsp3) is 0.308. The molecule has 0 N–H and O–H groups in total. The SMILES string of the molecule is CCOC(=O)C[C@@H]1C(=O)C=Nc2ccccc21. The highest BCUT2D eigenvalue weighted by molar-refractivity contribution is 6.32. The molecule has 4 heteroatoms. The van der Waals surface area contributed by atoms with Gasteiger partial charge in [-0.15, -0.1) is 0 Å². The molecule has 4 nitrogen and oxygen atoms in total. The van der Waals surface area contributed by atoms with E-state index >= 15 is 0 Å². The van der Waals surface area contributed by atoms with Crippen molar-refractivity contribution in [3.05, 3.63) is 29.8 Å². The highest BCUT2D eigenvalue weighted by Crippen LogP contribution is 2.32. The van der Waals surface area contributed by atoms with E-state index in [0.717, 1.165) is 11.3 Å². The zero-order chi connectivity index (χ0) is 12.3. The lowest BCUT2D eigenvalue weighted by Crippen LogP contribution is -2.21. The van der Waals surface area contributed by atoms with Crippen LogP contribution in [0.3, 0.4) is 0 Å². The molecule has 0 amide bonds. The van der Waals surface area contributed by atoms with Gasteiger partial charge in [0.25, 0.3) is 0 Å². The summed E-state index contributed by atoms with van der Waals surface area (Å²) in [6.07, 6.45) is 1.36. The first-order valence-corrected chi connectivity index (χ1v) is 5.55. The maximum absolute atomic E-state index is 11.7. The molecule has 0 radical (unpaired) electrons. The lowest BCUT2D eigenvalue weighted by molar-refractivity contribution is -0.144. The maximum Gasteiger partial charge on any atom is 0.306 e. The van der Waals surface area contributed by atoms with Crippen LogP contribution in [0.4, 0.5) is 5.69 Å². The van der Waals surface area contributed by atoms with E-state index in [2.05, 4.69) is 4.99 Å². The first-order valence-electron chi connectivity index (χ1n) is 5.55. The molecule has 0 fully saturated rings. The Morgan fingerprint density at radius 2 is 2.18 bits per heavy atom. The van der Waals surface area contributed by atoms with Crippen molar-refractivity contribution in [2.45, 2.75) is 19.3 Å². The molecule has 1 aromatic rings. The van der Waals surface area contributed by atoms with Crippen molar-refractivity contribution in [1.82, 2.24) is 0 Å². The molecule has 0 bridgehead atoms. The first kappa shape index (κ1) is 11.5. The van der Waals surface area contributed by atoms with Crippen LogP contribution in [-0.4, -0.2) is 24.6 Å². The van der Waals surface area contributed by atoms with Gasteiger partial charge < -0.3 is 4.74 Å². The summed E-state index contributed by atoms with van der Waals surface area (Å²) in [6, 6.07) is 7.35. The van der Waals surface area contributed by atoms with Crippen molar-refractivity contribution in [2.75, 3.05) is 6.61 Å². The molecule has 0 aromatic heterocycles. The topological polar surface area (TPSA) is 55.7 Å². The van der Waals surface area contributed by atoms with Crippen LogP contribution in [-0.2, 0) is 14.3 Å². The van der Waals surface area contributed by atoms with Crippen LogP contribution in [0.2, 0.25) is 0 Å². The van der Waals surface area contributed by atoms with Gasteiger partial charge in [-0.3, -0.25) is 14.6 Å². The fourth-order valence-corrected chi connectivity index (χ4v) is 1.87. The molecular weight excluding hydrogens is 218 g/mol. The average Bonchev–Trinajstić information content (AvgIpc) is 2.33. The van der Waals surface area contributed by atoms with Crippen molar-refractivity contribution < 1.29 is 14.3 Å².